The van der Waals surface area contributed by atoms with Crippen LogP contribution < -0.4 is 0 Å². The number of rotatable bonds is 0. The maximum Gasteiger partial charge on any atom is -0.0683 e. The first-order chi connectivity index (χ1) is 12.0. The van der Waals surface area contributed by atoms with Crippen molar-refractivity contribution in [2.24, 2.45) is 0 Å². The van der Waals surface area contributed by atoms with Gasteiger partial charge in [-0.05, 0) is 0 Å². The fourth-order valence-corrected chi connectivity index (χ4v) is 0. The van der Waals surface area contributed by atoms with Crippen LogP contribution >= 0.6 is 0 Å². The van der Waals surface area contributed by atoms with Gasteiger partial charge in [-0.3, -0.25) is 0 Å². The molecule has 0 saturated heterocycles. The first-order valence-electron chi connectivity index (χ1n) is 11.5. The van der Waals surface area contributed by atoms with Crippen molar-refractivity contribution < 1.29 is 0 Å². The van der Waals surface area contributed by atoms with Gasteiger partial charge in [0.1, 0.15) is 0 Å². The van der Waals surface area contributed by atoms with Crippen LogP contribution in [0.25, 0.3) is 0 Å². The molecule has 0 heteroatoms. The Kier molecular flexibility index (Phi) is 907000. The highest BCUT2D eigenvalue weighted by Crippen LogP contribution is 1.16. The summed E-state index contributed by atoms with van der Waals surface area (Å²) < 4.78 is 0. The molecule has 26 heavy (non-hydrogen) atoms. The van der Waals surface area contributed by atoms with E-state index < -0.39 is 0 Å². The summed E-state index contributed by atoms with van der Waals surface area (Å²) in [4.78, 5) is 0. The van der Waals surface area contributed by atoms with Gasteiger partial charge in [0.2, 0.25) is 0 Å². The predicted octanol–water partition coefficient (Wildman–Crippen LogP) is 13.4. The van der Waals surface area contributed by atoms with E-state index in [4.69, 9.17) is 0 Å². The van der Waals surface area contributed by atoms with E-state index in [1.807, 2.05) is 152 Å². The second kappa shape index (κ2) is 206000. The number of hydrogen-bond donors (Lipinski definition) is 0. The Bertz CT molecular complexity index is 0. The van der Waals surface area contributed by atoms with Crippen molar-refractivity contribution >= 4 is 0 Å². The SMILES string of the molecule is C.C.C=C.CC.CC.CC.CC.CC.CC.CC.CC.CC.CC.CC. The molecule has 0 aliphatic rings. The van der Waals surface area contributed by atoms with Crippen molar-refractivity contribution in [3.05, 3.63) is 13.2 Å². The van der Waals surface area contributed by atoms with Crippen molar-refractivity contribution in [1.82, 2.24) is 0 Å². The van der Waals surface area contributed by atoms with Gasteiger partial charge in [-0.1, -0.05) is 167 Å². The zero-order chi connectivity index (χ0) is 24.0. The summed E-state index contributed by atoms with van der Waals surface area (Å²) >= 11 is 0. The molecule has 0 aliphatic carbocycles. The van der Waals surface area contributed by atoms with E-state index in [9.17, 15) is 0 Å². The average Bonchev–Trinajstić information content (AvgIpc) is 2.84. The van der Waals surface area contributed by atoms with E-state index in [0.717, 1.165) is 0 Å². The van der Waals surface area contributed by atoms with Gasteiger partial charge in [-0.25, -0.2) is 0 Å². The van der Waals surface area contributed by atoms with Crippen molar-refractivity contribution in [3.63, 3.8) is 0 Å². The zero-order valence-corrected chi connectivity index (χ0v) is 23.4. The molecule has 0 nitrogen and oxygen atoms in total. The van der Waals surface area contributed by atoms with Gasteiger partial charge in [0.25, 0.3) is 0 Å². The van der Waals surface area contributed by atoms with E-state index in [2.05, 4.69) is 13.2 Å². The fourth-order valence-electron chi connectivity index (χ4n) is 0. The minimum absolute atomic E-state index is 0. The summed E-state index contributed by atoms with van der Waals surface area (Å²) in [6.45, 7) is 50.0. The lowest BCUT2D eigenvalue weighted by atomic mass is 11.0. The minimum Gasteiger partial charge on any atom is -0.106 e. The Morgan fingerprint density at radius 2 is 0.192 bits per heavy atom. The van der Waals surface area contributed by atoms with Gasteiger partial charge >= 0.3 is 0 Å². The maximum atomic E-state index is 3.00. The van der Waals surface area contributed by atoms with Gasteiger partial charge in [0, 0.05) is 0 Å². The molecule has 0 unspecified atom stereocenters. The lowest BCUT2D eigenvalue weighted by Gasteiger charge is -1.07. The smallest absolute Gasteiger partial charge is 0.0683 e. The average molecular weight is 391 g/mol. The maximum absolute atomic E-state index is 3.00. The van der Waals surface area contributed by atoms with Crippen molar-refractivity contribution in [1.29, 1.82) is 0 Å². The lowest BCUT2D eigenvalue weighted by Crippen LogP contribution is -0.856. The summed E-state index contributed by atoms with van der Waals surface area (Å²) in [5, 5.41) is 0. The quantitative estimate of drug-likeness (QED) is 0.360. The normalized spacial score (nSPS) is 2.69. The van der Waals surface area contributed by atoms with Gasteiger partial charge in [0.15, 0.2) is 0 Å². The third kappa shape index (κ3) is 182000. The van der Waals surface area contributed by atoms with Crippen molar-refractivity contribution in [2.75, 3.05) is 0 Å². The van der Waals surface area contributed by atoms with Gasteiger partial charge in [-0.15, -0.1) is 13.2 Å². The van der Waals surface area contributed by atoms with E-state index in [-0.39, 0.29) is 14.9 Å². The van der Waals surface area contributed by atoms with Gasteiger partial charge < -0.3 is 0 Å². The molecule has 0 bridgehead atoms. The molecule has 0 rings (SSSR count). The Morgan fingerprint density at radius 3 is 0.192 bits per heavy atom. The first-order valence-corrected chi connectivity index (χ1v) is 11.5. The Morgan fingerprint density at radius 1 is 0.192 bits per heavy atom. The van der Waals surface area contributed by atoms with Crippen LogP contribution in [0.2, 0.25) is 0 Å². The molecule has 0 aromatic heterocycles. The second-order valence-electron chi connectivity index (χ2n) is 0. The molecule has 0 N–H and O–H groups in total. The standard InChI is InChI=1S/11C2H6.C2H4.2CH4/c12*1-2;;/h11*1-2H3;1-2H2;2*1H4. The lowest BCUT2D eigenvalue weighted by molar-refractivity contribution is 1.50. The van der Waals surface area contributed by atoms with Crippen LogP contribution in [0.3, 0.4) is 0 Å². The third-order valence-corrected chi connectivity index (χ3v) is 0. The summed E-state index contributed by atoms with van der Waals surface area (Å²) in [6.07, 6.45) is 0. The second-order valence-corrected chi connectivity index (χ2v) is 0. The molecule has 0 aliphatic heterocycles. The Hall–Kier alpha value is -0.260. The zero-order valence-electron chi connectivity index (χ0n) is 23.4. The number of hydrogen-bond acceptors (Lipinski definition) is 0. The molecular formula is C26H78. The molecule has 0 fully saturated rings. The summed E-state index contributed by atoms with van der Waals surface area (Å²) in [5.41, 5.74) is 0. The van der Waals surface area contributed by atoms with Crippen LogP contribution in [-0.4, -0.2) is 0 Å². The van der Waals surface area contributed by atoms with E-state index >= 15 is 0 Å². The van der Waals surface area contributed by atoms with Crippen LogP contribution in [0.5, 0.6) is 0 Å². The monoisotopic (exact) mass is 391 g/mol. The molecule has 0 atom stereocenters. The molecule has 0 heterocycles. The van der Waals surface area contributed by atoms with Crippen molar-refractivity contribution in [3.8, 4) is 0 Å². The summed E-state index contributed by atoms with van der Waals surface area (Å²) in [7, 11) is 0. The molecular weight excluding hydrogens is 312 g/mol. The van der Waals surface area contributed by atoms with Crippen LogP contribution in [0, 0.1) is 0 Å². The molecule has 0 aromatic carbocycles. The molecule has 0 amide bonds. The minimum atomic E-state index is 0. The highest BCUT2D eigenvalue weighted by Gasteiger charge is 0.952. The van der Waals surface area contributed by atoms with Gasteiger partial charge in [-0.2, -0.15) is 0 Å². The Balaban J connectivity index is -0.00000000500. The van der Waals surface area contributed by atoms with Crippen LogP contribution in [0.1, 0.15) is 167 Å². The predicted molar refractivity (Wildman–Crippen MR) is 150 cm³/mol. The molecule has 0 spiro atoms. The molecule has 0 radical (unpaired) electrons. The van der Waals surface area contributed by atoms with Gasteiger partial charge in [0.05, 0.1) is 0 Å². The van der Waals surface area contributed by atoms with E-state index in [1.54, 1.807) is 0 Å². The van der Waals surface area contributed by atoms with Crippen molar-refractivity contribution in [2.45, 2.75) is 167 Å². The van der Waals surface area contributed by atoms with Crippen LogP contribution in [0.4, 0.5) is 0 Å². The topological polar surface area (TPSA) is 0 Å². The van der Waals surface area contributed by atoms with E-state index in [1.165, 1.54) is 0 Å². The highest BCUT2D eigenvalue weighted by atomic mass is 13.0. The van der Waals surface area contributed by atoms with E-state index in [0.29, 0.717) is 0 Å². The van der Waals surface area contributed by atoms with Crippen LogP contribution in [0.15, 0.2) is 13.2 Å². The Labute approximate surface area is 180 Å². The first kappa shape index (κ1) is 114. The molecule has 0 aromatic rings. The third-order valence-electron chi connectivity index (χ3n) is 0. The summed E-state index contributed by atoms with van der Waals surface area (Å²) in [5.74, 6) is 0. The highest BCUT2D eigenvalue weighted by molar-refractivity contribution is 4.22. The largest absolute Gasteiger partial charge is 0.106 e. The summed E-state index contributed by atoms with van der Waals surface area (Å²) in [6, 6.07) is 0. The molecule has 182 valence electrons. The van der Waals surface area contributed by atoms with Crippen LogP contribution in [-0.2, 0) is 0 Å². The molecule has 0 saturated carbocycles. The fraction of sp³-hybridized carbons (Fsp3) is 0.923.